The summed E-state index contributed by atoms with van der Waals surface area (Å²) < 4.78 is 60.2. The minimum atomic E-state index is -5.55. The summed E-state index contributed by atoms with van der Waals surface area (Å²) in [4.78, 5) is 43.2. The van der Waals surface area contributed by atoms with E-state index in [9.17, 15) is 36.0 Å². The van der Waals surface area contributed by atoms with Crippen molar-refractivity contribution in [1.29, 1.82) is 0 Å². The van der Waals surface area contributed by atoms with Gasteiger partial charge < -0.3 is 29.3 Å². The number of hydrogen-bond acceptors (Lipinski definition) is 12. The first-order valence-electron chi connectivity index (χ1n) is 28.0. The number of para-hydroxylation sites is 1. The number of hydrogen-bond donors (Lipinski definition) is 5. The van der Waals surface area contributed by atoms with Gasteiger partial charge in [-0.2, -0.15) is 21.6 Å². The van der Waals surface area contributed by atoms with Gasteiger partial charge in [0.05, 0.1) is 5.92 Å². The van der Waals surface area contributed by atoms with Crippen molar-refractivity contribution in [1.82, 2.24) is 0 Å². The summed E-state index contributed by atoms with van der Waals surface area (Å²) in [6, 6.07) is 56.7. The number of aliphatic hydroxyl groups excluding tert-OH is 2. The molecule has 0 aliphatic carbocycles. The van der Waals surface area contributed by atoms with Crippen molar-refractivity contribution in [2.45, 2.75) is 142 Å². The summed E-state index contributed by atoms with van der Waals surface area (Å²) in [6.45, 7) is 32.1. The average molecular weight is 1240 g/mol. The van der Waals surface area contributed by atoms with Crippen LogP contribution in [-0.2, 0) is 34.1 Å². The van der Waals surface area contributed by atoms with Crippen LogP contribution in [0.15, 0.2) is 182 Å². The number of aliphatic hydroxyl groups is 2. The van der Waals surface area contributed by atoms with Crippen LogP contribution >= 0.6 is 0 Å². The molecular formula is C66H100ArBF3O13S. The molecule has 0 aliphatic heterocycles. The summed E-state index contributed by atoms with van der Waals surface area (Å²) in [5.41, 5.74) is 0.237. The molecule has 6 aromatic carbocycles. The molecule has 0 saturated heterocycles. The first-order chi connectivity index (χ1) is 39.9. The fourth-order valence-corrected chi connectivity index (χ4v) is 5.06. The molecule has 0 bridgehead atoms. The van der Waals surface area contributed by atoms with Crippen LogP contribution in [0.25, 0.3) is 22.3 Å². The van der Waals surface area contributed by atoms with Gasteiger partial charge in [0.25, 0.3) is 0 Å². The van der Waals surface area contributed by atoms with Crippen LogP contribution in [0.4, 0.5) is 13.2 Å². The zero-order valence-electron chi connectivity index (χ0n) is 53.1. The molecule has 0 saturated carbocycles. The van der Waals surface area contributed by atoms with Gasteiger partial charge in [-0.15, -0.1) is 0 Å². The van der Waals surface area contributed by atoms with Crippen LogP contribution in [0.1, 0.15) is 137 Å². The van der Waals surface area contributed by atoms with E-state index in [1.807, 2.05) is 106 Å². The number of carboxylic acids is 1. The van der Waals surface area contributed by atoms with Gasteiger partial charge in [0, 0.05) is 62.8 Å². The second kappa shape index (κ2) is 67.6. The van der Waals surface area contributed by atoms with E-state index in [-0.39, 0.29) is 74.5 Å². The topological polar surface area (TPSA) is 222 Å². The van der Waals surface area contributed by atoms with Crippen molar-refractivity contribution in [3.05, 3.63) is 182 Å². The van der Waals surface area contributed by atoms with E-state index in [2.05, 4.69) is 106 Å². The van der Waals surface area contributed by atoms with E-state index in [0.717, 1.165) is 37.7 Å². The third kappa shape index (κ3) is 58.6. The first kappa shape index (κ1) is 95.8. The number of benzene rings is 6. The Balaban J connectivity index is -0.000000132. The molecule has 5 N–H and O–H groups in total. The molecule has 480 valence electrons. The summed E-state index contributed by atoms with van der Waals surface area (Å²) >= 11 is 0. The predicted octanol–water partition coefficient (Wildman–Crippen LogP) is 16.1. The van der Waals surface area contributed by atoms with Crippen molar-refractivity contribution < 1.29 is 113 Å². The van der Waals surface area contributed by atoms with E-state index in [4.69, 9.17) is 30.4 Å². The maximum absolute atomic E-state index is 11.8. The quantitative estimate of drug-likeness (QED) is 0.0192. The van der Waals surface area contributed by atoms with E-state index >= 15 is 0 Å². The maximum atomic E-state index is 11.8. The number of alkyl halides is 3. The Hall–Kier alpha value is -5.54. The zero-order valence-corrected chi connectivity index (χ0v) is 54.7. The minimum Gasteiger partial charge on any atom is -0.481 e. The van der Waals surface area contributed by atoms with Gasteiger partial charge in [0.2, 0.25) is 0 Å². The third-order valence-corrected chi connectivity index (χ3v) is 10.8. The van der Waals surface area contributed by atoms with Crippen molar-refractivity contribution >= 4 is 46.5 Å². The van der Waals surface area contributed by atoms with Crippen molar-refractivity contribution in [2.24, 2.45) is 17.8 Å². The molecule has 0 radical (unpaired) electrons. The van der Waals surface area contributed by atoms with Gasteiger partial charge in [-0.1, -0.05) is 253 Å². The molecule has 13 nitrogen and oxygen atoms in total. The number of Topliss-reactive ketones (excluding diaryl/α,β-unsaturated/α-hetero) is 2. The molecule has 0 aromatic heterocycles. The standard InChI is InChI=1S/2C12H10.C7H5F3O3S.C6H7BO3.2C6H12O.C5H10O2.2C2H6O.C2H4O.3C2H6.Ar/c2*1-3-7-11(8-4-1)12-9-5-2-6-10-12;8-7(9,10)14(11,12)13-6-4-2-1-3-5-6;8-7(10-9)6-4-2-1-3-5-6;2*1-4-5(2)6(3)7;1-3-4(2)5(6)7;3*1-2-3;3*1-2;/h2*1-10H;1-5H;1-5,8-9H;2*5H,4H2,1-3H3;4H,3H2,1-2H3,(H,6,7);2*3H,2H2,1H3;2H,1H3;3*1-2H3;. The van der Waals surface area contributed by atoms with Crippen molar-refractivity contribution in [2.75, 3.05) is 13.2 Å². The Morgan fingerprint density at radius 3 is 0.882 bits per heavy atom. The largest absolute Gasteiger partial charge is 0.534 e. The van der Waals surface area contributed by atoms with Gasteiger partial charge >= 0.3 is 28.7 Å². The van der Waals surface area contributed by atoms with E-state index in [1.165, 1.54) is 47.4 Å². The number of aliphatic carboxylic acids is 1. The molecular weight excluding hydrogens is 1140 g/mol. The van der Waals surface area contributed by atoms with Crippen LogP contribution in [0.5, 0.6) is 5.75 Å². The number of carboxylic acid groups (broad SMARTS) is 1. The van der Waals surface area contributed by atoms with Crippen LogP contribution in [-0.4, -0.2) is 83.7 Å². The Bertz CT molecular complexity index is 2250. The molecule has 6 rings (SSSR count). The number of ketones is 2. The molecule has 19 heteroatoms. The van der Waals surface area contributed by atoms with Gasteiger partial charge in [-0.05, 0) is 93.7 Å². The number of aldehydes is 1. The van der Waals surface area contributed by atoms with Crippen molar-refractivity contribution in [3.8, 4) is 28.0 Å². The summed E-state index contributed by atoms with van der Waals surface area (Å²) in [5.74, 6) is -0.141. The van der Waals surface area contributed by atoms with Crippen LogP contribution in [0.3, 0.4) is 0 Å². The number of carbonyl (C=O) groups is 4. The average Bonchev–Trinajstić information content (AvgIpc) is 3.56. The first-order valence-corrected chi connectivity index (χ1v) is 29.5. The van der Waals surface area contributed by atoms with Gasteiger partial charge in [-0.3, -0.25) is 24.4 Å². The number of halogens is 3. The summed E-state index contributed by atoms with van der Waals surface area (Å²) in [7, 11) is -6.79. The summed E-state index contributed by atoms with van der Waals surface area (Å²) in [5, 5.41) is 40.2. The van der Waals surface area contributed by atoms with Gasteiger partial charge in [-0.25, -0.2) is 0 Å². The minimum absolute atomic E-state index is 0. The number of rotatable bonds is 12. The predicted molar refractivity (Wildman–Crippen MR) is 342 cm³/mol. The van der Waals surface area contributed by atoms with Crippen LogP contribution in [0, 0.1) is 55.5 Å². The Morgan fingerprint density at radius 2 is 0.729 bits per heavy atom. The molecule has 3 atom stereocenters. The number of carbonyl (C=O) groups excluding carboxylic acids is 3. The Kier molecular flexibility index (Phi) is 76.2. The Morgan fingerprint density at radius 1 is 0.518 bits per heavy atom. The molecule has 0 heterocycles. The fraction of sp³-hybridized carbons (Fsp3) is 0.394. The second-order valence-electron chi connectivity index (χ2n) is 16.0. The fourth-order valence-electron chi connectivity index (χ4n) is 4.60. The molecule has 85 heavy (non-hydrogen) atoms. The Labute approximate surface area is 539 Å². The smallest absolute Gasteiger partial charge is 0.481 e. The third-order valence-electron chi connectivity index (χ3n) is 9.83. The molecule has 0 aliphatic rings. The maximum Gasteiger partial charge on any atom is 0.534 e. The van der Waals surface area contributed by atoms with Crippen molar-refractivity contribution in [3.63, 3.8) is 0 Å². The SMILES string of the molecule is CC.CC.CC.CC=O.CCC(C)C(=O)O.CCC(C)C(C)=O.CCC(C)C(C)=O.CCO.CCO.O=S(=O)(Oc1ccccc1)C(F)(F)F.OOB(O)c1ccccc1.[Ar].c1ccc(-c2ccccc2)cc1.c1ccc(-c2ccccc2)cc1. The molecule has 0 spiro atoms. The van der Waals surface area contributed by atoms with E-state index < -0.39 is 28.7 Å². The molecule has 6 aromatic rings. The van der Waals surface area contributed by atoms with Crippen LogP contribution < -0.4 is 9.65 Å². The summed E-state index contributed by atoms with van der Waals surface area (Å²) in [6.07, 6.45) is 3.40. The van der Waals surface area contributed by atoms with Gasteiger partial charge in [0.1, 0.15) is 23.6 Å². The molecule has 0 fully saturated rings. The normalized spacial score (nSPS) is 10.0. The van der Waals surface area contributed by atoms with Crippen LogP contribution in [0.2, 0.25) is 0 Å². The van der Waals surface area contributed by atoms with E-state index in [0.29, 0.717) is 17.0 Å². The van der Waals surface area contributed by atoms with E-state index in [1.54, 1.807) is 58.9 Å². The van der Waals surface area contributed by atoms with Gasteiger partial charge in [0.15, 0.2) is 0 Å². The monoisotopic (exact) mass is 1240 g/mol. The second-order valence-corrected chi connectivity index (χ2v) is 17.5. The molecule has 3 unspecified atom stereocenters. The molecule has 0 amide bonds. The zero-order chi connectivity index (χ0) is 66.4.